The van der Waals surface area contributed by atoms with Crippen LogP contribution in [0.3, 0.4) is 0 Å². The molecular weight excluding hydrogens is 262 g/mol. The van der Waals surface area contributed by atoms with Crippen molar-refractivity contribution in [2.45, 2.75) is 6.54 Å². The minimum atomic E-state index is 0.402. The van der Waals surface area contributed by atoms with E-state index >= 15 is 0 Å². The van der Waals surface area contributed by atoms with Crippen molar-refractivity contribution < 1.29 is 9.47 Å². The van der Waals surface area contributed by atoms with Crippen LogP contribution in [-0.2, 0) is 6.54 Å². The van der Waals surface area contributed by atoms with E-state index in [4.69, 9.17) is 26.8 Å². The summed E-state index contributed by atoms with van der Waals surface area (Å²) < 4.78 is 10.6. The van der Waals surface area contributed by atoms with Gasteiger partial charge >= 0.3 is 0 Å². The molecule has 0 aromatic heterocycles. The number of nitrogens with two attached hydrogens (primary N) is 1. The molecule has 0 unspecified atom stereocenters. The van der Waals surface area contributed by atoms with Crippen molar-refractivity contribution in [2.24, 2.45) is 5.73 Å². The summed E-state index contributed by atoms with van der Waals surface area (Å²) in [5.74, 6) is 1.56. The highest BCUT2D eigenvalue weighted by Crippen LogP contribution is 2.34. The summed E-state index contributed by atoms with van der Waals surface area (Å²) in [6, 6.07) is 11.4. The number of halogens is 1. The highest BCUT2D eigenvalue weighted by atomic mass is 35.5. The molecule has 0 radical (unpaired) electrons. The van der Waals surface area contributed by atoms with Crippen LogP contribution in [-0.4, -0.2) is 14.2 Å². The molecule has 0 bridgehead atoms. The number of methoxy groups -OCH3 is 2. The van der Waals surface area contributed by atoms with Crippen LogP contribution in [0.15, 0.2) is 36.4 Å². The molecule has 0 heterocycles. The van der Waals surface area contributed by atoms with E-state index in [1.54, 1.807) is 14.2 Å². The molecule has 2 N–H and O–H groups in total. The summed E-state index contributed by atoms with van der Waals surface area (Å²) in [4.78, 5) is 0. The number of hydrogen-bond donors (Lipinski definition) is 1. The van der Waals surface area contributed by atoms with Gasteiger partial charge in [-0.2, -0.15) is 0 Å². The van der Waals surface area contributed by atoms with Gasteiger partial charge in [-0.1, -0.05) is 17.7 Å². The van der Waals surface area contributed by atoms with Crippen LogP contribution in [0.25, 0.3) is 11.1 Å². The van der Waals surface area contributed by atoms with Crippen LogP contribution in [0.1, 0.15) is 5.56 Å². The molecule has 0 amide bonds. The molecule has 0 atom stereocenters. The summed E-state index contributed by atoms with van der Waals surface area (Å²) >= 11 is 6.08. The van der Waals surface area contributed by atoms with Gasteiger partial charge in [-0.3, -0.25) is 0 Å². The molecule has 3 nitrogen and oxygen atoms in total. The SMILES string of the molecule is COc1ccc(OC)c(-c2ccc(Cl)c(CN)c2)c1. The zero-order valence-electron chi connectivity index (χ0n) is 10.9. The Bertz CT molecular complexity index is 584. The van der Waals surface area contributed by atoms with Gasteiger partial charge in [0.05, 0.1) is 14.2 Å². The van der Waals surface area contributed by atoms with Gasteiger partial charge in [0.25, 0.3) is 0 Å². The predicted octanol–water partition coefficient (Wildman–Crippen LogP) is 3.48. The molecule has 4 heteroatoms. The summed E-state index contributed by atoms with van der Waals surface area (Å²) in [7, 11) is 3.28. The lowest BCUT2D eigenvalue weighted by Gasteiger charge is -2.12. The van der Waals surface area contributed by atoms with E-state index in [-0.39, 0.29) is 0 Å². The molecule has 2 rings (SSSR count). The molecule has 2 aromatic carbocycles. The van der Waals surface area contributed by atoms with Crippen LogP contribution in [0.2, 0.25) is 5.02 Å². The molecule has 2 aromatic rings. The first kappa shape index (κ1) is 13.7. The first-order chi connectivity index (χ1) is 9.19. The predicted molar refractivity (Wildman–Crippen MR) is 77.9 cm³/mol. The van der Waals surface area contributed by atoms with Crippen molar-refractivity contribution in [3.63, 3.8) is 0 Å². The summed E-state index contributed by atoms with van der Waals surface area (Å²) in [5.41, 5.74) is 8.54. The minimum Gasteiger partial charge on any atom is -0.497 e. The Hall–Kier alpha value is -1.71. The molecule has 0 aliphatic carbocycles. The Morgan fingerprint density at radius 1 is 1.05 bits per heavy atom. The maximum absolute atomic E-state index is 6.08. The third kappa shape index (κ3) is 2.83. The van der Waals surface area contributed by atoms with Gasteiger partial charge in [-0.25, -0.2) is 0 Å². The van der Waals surface area contributed by atoms with Crippen LogP contribution < -0.4 is 15.2 Å². The first-order valence-electron chi connectivity index (χ1n) is 5.90. The number of rotatable bonds is 4. The van der Waals surface area contributed by atoms with Crippen molar-refractivity contribution >= 4 is 11.6 Å². The second-order valence-corrected chi connectivity index (χ2v) is 4.48. The zero-order valence-corrected chi connectivity index (χ0v) is 11.7. The van der Waals surface area contributed by atoms with Gasteiger partial charge in [0.2, 0.25) is 0 Å². The van der Waals surface area contributed by atoms with Gasteiger partial charge in [0.1, 0.15) is 11.5 Å². The largest absolute Gasteiger partial charge is 0.497 e. The summed E-state index contributed by atoms with van der Waals surface area (Å²) in [6.45, 7) is 0.402. The Morgan fingerprint density at radius 2 is 1.84 bits per heavy atom. The molecule has 0 spiro atoms. The molecule has 0 saturated heterocycles. The lowest BCUT2D eigenvalue weighted by molar-refractivity contribution is 0.404. The zero-order chi connectivity index (χ0) is 13.8. The Labute approximate surface area is 117 Å². The van der Waals surface area contributed by atoms with E-state index in [0.717, 1.165) is 28.2 Å². The van der Waals surface area contributed by atoms with Crippen molar-refractivity contribution in [3.8, 4) is 22.6 Å². The van der Waals surface area contributed by atoms with Gasteiger partial charge in [-0.15, -0.1) is 0 Å². The number of ether oxygens (including phenoxy) is 2. The van der Waals surface area contributed by atoms with E-state index in [2.05, 4.69) is 0 Å². The minimum absolute atomic E-state index is 0.402. The number of hydrogen-bond acceptors (Lipinski definition) is 3. The highest BCUT2D eigenvalue weighted by molar-refractivity contribution is 6.31. The third-order valence-corrected chi connectivity index (χ3v) is 3.35. The van der Waals surface area contributed by atoms with E-state index in [0.29, 0.717) is 11.6 Å². The maximum Gasteiger partial charge on any atom is 0.126 e. The van der Waals surface area contributed by atoms with Crippen LogP contribution >= 0.6 is 11.6 Å². The Morgan fingerprint density at radius 3 is 2.47 bits per heavy atom. The van der Waals surface area contributed by atoms with Crippen molar-refractivity contribution in [2.75, 3.05) is 14.2 Å². The lowest BCUT2D eigenvalue weighted by Crippen LogP contribution is -1.98. The van der Waals surface area contributed by atoms with Crippen molar-refractivity contribution in [1.29, 1.82) is 0 Å². The van der Waals surface area contributed by atoms with Crippen LogP contribution in [0.5, 0.6) is 11.5 Å². The van der Waals surface area contributed by atoms with Crippen LogP contribution in [0, 0.1) is 0 Å². The second kappa shape index (κ2) is 5.95. The van der Waals surface area contributed by atoms with Gasteiger partial charge in [0.15, 0.2) is 0 Å². The summed E-state index contributed by atoms with van der Waals surface area (Å²) in [6.07, 6.45) is 0. The quantitative estimate of drug-likeness (QED) is 0.930. The first-order valence-corrected chi connectivity index (χ1v) is 6.28. The maximum atomic E-state index is 6.08. The molecular formula is C15H16ClNO2. The lowest BCUT2D eigenvalue weighted by atomic mass is 10.0. The molecule has 100 valence electrons. The molecule has 0 aliphatic rings. The normalized spacial score (nSPS) is 10.3. The van der Waals surface area contributed by atoms with E-state index < -0.39 is 0 Å². The van der Waals surface area contributed by atoms with Crippen LogP contribution in [0.4, 0.5) is 0 Å². The van der Waals surface area contributed by atoms with Gasteiger partial charge in [0, 0.05) is 17.1 Å². The number of benzene rings is 2. The second-order valence-electron chi connectivity index (χ2n) is 4.08. The average molecular weight is 278 g/mol. The monoisotopic (exact) mass is 277 g/mol. The van der Waals surface area contributed by atoms with E-state index in [1.165, 1.54) is 0 Å². The third-order valence-electron chi connectivity index (χ3n) is 2.98. The smallest absolute Gasteiger partial charge is 0.126 e. The summed E-state index contributed by atoms with van der Waals surface area (Å²) in [5, 5.41) is 0.674. The van der Waals surface area contributed by atoms with Crippen molar-refractivity contribution in [1.82, 2.24) is 0 Å². The standard InChI is InChI=1S/C15H16ClNO2/c1-18-12-4-6-15(19-2)13(8-12)10-3-5-14(16)11(7-10)9-17/h3-8H,9,17H2,1-2H3. The van der Waals surface area contributed by atoms with Gasteiger partial charge in [-0.05, 0) is 41.5 Å². The fraction of sp³-hybridized carbons (Fsp3) is 0.200. The van der Waals surface area contributed by atoms with Gasteiger partial charge < -0.3 is 15.2 Å². The van der Waals surface area contributed by atoms with E-state index in [1.807, 2.05) is 36.4 Å². The molecule has 19 heavy (non-hydrogen) atoms. The molecule has 0 aliphatic heterocycles. The Kier molecular flexibility index (Phi) is 4.30. The fourth-order valence-electron chi connectivity index (χ4n) is 1.94. The highest BCUT2D eigenvalue weighted by Gasteiger charge is 2.09. The Balaban J connectivity index is 2.56. The van der Waals surface area contributed by atoms with Crippen molar-refractivity contribution in [3.05, 3.63) is 47.0 Å². The van der Waals surface area contributed by atoms with E-state index in [9.17, 15) is 0 Å². The topological polar surface area (TPSA) is 44.5 Å². The average Bonchev–Trinajstić information content (AvgIpc) is 2.47. The molecule has 0 fully saturated rings. The molecule has 0 saturated carbocycles. The fourth-order valence-corrected chi connectivity index (χ4v) is 2.13.